The minimum atomic E-state index is -0.194. The Balaban J connectivity index is 1.39. The van der Waals surface area contributed by atoms with Crippen molar-refractivity contribution in [2.75, 3.05) is 11.9 Å². The van der Waals surface area contributed by atoms with Crippen LogP contribution in [0.2, 0.25) is 0 Å². The van der Waals surface area contributed by atoms with E-state index in [1.807, 2.05) is 78.9 Å². The van der Waals surface area contributed by atoms with Crippen LogP contribution in [0.3, 0.4) is 0 Å². The van der Waals surface area contributed by atoms with Crippen LogP contribution in [0, 0.1) is 11.3 Å². The molecule has 8 nitrogen and oxygen atoms in total. The van der Waals surface area contributed by atoms with Gasteiger partial charge in [0.15, 0.2) is 0 Å². The predicted octanol–water partition coefficient (Wildman–Crippen LogP) is 4.99. The van der Waals surface area contributed by atoms with Crippen LogP contribution in [-0.4, -0.2) is 38.0 Å². The van der Waals surface area contributed by atoms with Gasteiger partial charge in [-0.2, -0.15) is 10.4 Å². The highest BCUT2D eigenvalue weighted by molar-refractivity contribution is 5.91. The number of hydrogen-bond donors (Lipinski definition) is 1. The average Bonchev–Trinajstić information content (AvgIpc) is 3.36. The van der Waals surface area contributed by atoms with E-state index < -0.39 is 0 Å². The molecule has 1 N–H and O–H groups in total. The molecule has 0 unspecified atom stereocenters. The van der Waals surface area contributed by atoms with Gasteiger partial charge in [0.1, 0.15) is 5.82 Å². The molecule has 0 fully saturated rings. The smallest absolute Gasteiger partial charge is 0.225 e. The molecule has 0 aliphatic carbocycles. The van der Waals surface area contributed by atoms with Crippen LogP contribution in [0.15, 0.2) is 91.3 Å². The van der Waals surface area contributed by atoms with Crippen molar-refractivity contribution in [2.24, 2.45) is 0 Å². The molecule has 0 spiro atoms. The molecule has 0 saturated heterocycles. The first kappa shape index (κ1) is 25.3. The fourth-order valence-corrected chi connectivity index (χ4v) is 3.94. The quantitative estimate of drug-likeness (QED) is 0.318. The number of carbonyl (C=O) groups excluding carboxylic acids is 2. The van der Waals surface area contributed by atoms with Crippen molar-refractivity contribution in [1.82, 2.24) is 19.7 Å². The number of nitrogens with one attached hydrogen (secondary N) is 1. The summed E-state index contributed by atoms with van der Waals surface area (Å²) in [6.45, 7) is 0.730. The molecular formula is C29H28N6O2. The maximum atomic E-state index is 12.8. The number of pyridine rings is 1. The van der Waals surface area contributed by atoms with E-state index >= 15 is 0 Å². The largest absolute Gasteiger partial charge is 0.337 e. The molecule has 4 rings (SSSR count). The molecule has 2 amide bonds. The Hall–Kier alpha value is -4.77. The molecule has 2 heterocycles. The number of para-hydroxylation sites is 1. The fourth-order valence-electron chi connectivity index (χ4n) is 3.94. The number of nitrogens with zero attached hydrogens (tertiary/aromatic N) is 5. The lowest BCUT2D eigenvalue weighted by Crippen LogP contribution is -2.31. The van der Waals surface area contributed by atoms with E-state index in [9.17, 15) is 9.59 Å². The summed E-state index contributed by atoms with van der Waals surface area (Å²) >= 11 is 0. The second kappa shape index (κ2) is 12.8. The second-order valence-electron chi connectivity index (χ2n) is 8.51. The molecule has 0 aliphatic rings. The Kier molecular flexibility index (Phi) is 8.76. The van der Waals surface area contributed by atoms with E-state index in [0.717, 1.165) is 22.5 Å². The van der Waals surface area contributed by atoms with Crippen LogP contribution in [-0.2, 0) is 16.1 Å². The molecule has 2 aromatic heterocycles. The first-order valence-electron chi connectivity index (χ1n) is 12.2. The molecule has 4 aromatic rings. The summed E-state index contributed by atoms with van der Waals surface area (Å²) in [5, 5.41) is 16.6. The highest BCUT2D eigenvalue weighted by Crippen LogP contribution is 2.25. The lowest BCUT2D eigenvalue weighted by Gasteiger charge is -2.21. The first-order chi connectivity index (χ1) is 18.1. The minimum Gasteiger partial charge on any atom is -0.337 e. The standard InChI is InChI=1S/C29H28N6O2/c30-17-9-19-34(22-23-10-8-18-31-21-23)29(37)16-7-15-28(36)32-27-20-26(24-11-3-1-4-12-24)33-35(27)25-13-5-2-6-14-25/h1-6,8,10-14,18,20-21H,7,9,15-16,19,22H2,(H,32,36). The van der Waals surface area contributed by atoms with Crippen molar-refractivity contribution >= 4 is 17.6 Å². The molecule has 0 atom stereocenters. The topological polar surface area (TPSA) is 104 Å². The summed E-state index contributed by atoms with van der Waals surface area (Å²) in [6, 6.07) is 27.0. The summed E-state index contributed by atoms with van der Waals surface area (Å²) in [5.74, 6) is 0.279. The number of carbonyl (C=O) groups is 2. The monoisotopic (exact) mass is 492 g/mol. The average molecular weight is 493 g/mol. The molecule has 0 saturated carbocycles. The molecule has 37 heavy (non-hydrogen) atoms. The van der Waals surface area contributed by atoms with Crippen molar-refractivity contribution in [3.8, 4) is 23.0 Å². The van der Waals surface area contributed by atoms with Crippen LogP contribution in [0.4, 0.5) is 5.82 Å². The number of aromatic nitrogens is 3. The Bertz CT molecular complexity index is 1350. The number of nitriles is 1. The minimum absolute atomic E-state index is 0.0902. The zero-order valence-corrected chi connectivity index (χ0v) is 20.5. The Morgan fingerprint density at radius 3 is 2.43 bits per heavy atom. The lowest BCUT2D eigenvalue weighted by atomic mass is 10.1. The van der Waals surface area contributed by atoms with Crippen LogP contribution >= 0.6 is 0 Å². The van der Waals surface area contributed by atoms with E-state index in [2.05, 4.69) is 16.4 Å². The maximum Gasteiger partial charge on any atom is 0.225 e. The number of amides is 2. The fraction of sp³-hybridized carbons (Fsp3) is 0.207. The Morgan fingerprint density at radius 2 is 1.73 bits per heavy atom. The van der Waals surface area contributed by atoms with Gasteiger partial charge in [-0.1, -0.05) is 54.6 Å². The summed E-state index contributed by atoms with van der Waals surface area (Å²) in [6.07, 6.45) is 4.43. The third-order valence-electron chi connectivity index (χ3n) is 5.78. The van der Waals surface area contributed by atoms with E-state index in [4.69, 9.17) is 10.4 Å². The van der Waals surface area contributed by atoms with Crippen LogP contribution in [0.25, 0.3) is 16.9 Å². The first-order valence-corrected chi connectivity index (χ1v) is 12.2. The molecule has 8 heteroatoms. The molecule has 0 bridgehead atoms. The van der Waals surface area contributed by atoms with Gasteiger partial charge in [0.05, 0.1) is 23.9 Å². The van der Waals surface area contributed by atoms with Gasteiger partial charge in [-0.15, -0.1) is 0 Å². The third-order valence-corrected chi connectivity index (χ3v) is 5.78. The molecule has 2 aromatic carbocycles. The van der Waals surface area contributed by atoms with Crippen molar-refractivity contribution in [3.05, 3.63) is 96.8 Å². The predicted molar refractivity (Wildman–Crippen MR) is 141 cm³/mol. The van der Waals surface area contributed by atoms with Crippen molar-refractivity contribution in [3.63, 3.8) is 0 Å². The van der Waals surface area contributed by atoms with Gasteiger partial charge in [-0.3, -0.25) is 14.6 Å². The maximum absolute atomic E-state index is 12.8. The van der Waals surface area contributed by atoms with E-state index in [1.54, 1.807) is 22.0 Å². The summed E-state index contributed by atoms with van der Waals surface area (Å²) in [4.78, 5) is 31.4. The zero-order chi connectivity index (χ0) is 25.9. The molecule has 0 radical (unpaired) electrons. The van der Waals surface area contributed by atoms with Gasteiger partial charge in [0, 0.05) is 50.0 Å². The Labute approximate surface area is 216 Å². The lowest BCUT2D eigenvalue weighted by molar-refractivity contribution is -0.131. The van der Waals surface area contributed by atoms with Gasteiger partial charge in [-0.25, -0.2) is 4.68 Å². The van der Waals surface area contributed by atoms with Crippen molar-refractivity contribution < 1.29 is 9.59 Å². The van der Waals surface area contributed by atoms with Crippen LogP contribution < -0.4 is 5.32 Å². The highest BCUT2D eigenvalue weighted by Gasteiger charge is 2.17. The van der Waals surface area contributed by atoms with Crippen molar-refractivity contribution in [1.29, 1.82) is 5.26 Å². The van der Waals surface area contributed by atoms with Gasteiger partial charge < -0.3 is 10.2 Å². The van der Waals surface area contributed by atoms with Gasteiger partial charge >= 0.3 is 0 Å². The molecule has 0 aliphatic heterocycles. The van der Waals surface area contributed by atoms with E-state index in [0.29, 0.717) is 25.3 Å². The zero-order valence-electron chi connectivity index (χ0n) is 20.5. The highest BCUT2D eigenvalue weighted by atomic mass is 16.2. The van der Waals surface area contributed by atoms with Gasteiger partial charge in [0.25, 0.3) is 0 Å². The normalized spacial score (nSPS) is 10.5. The number of benzene rings is 2. The third kappa shape index (κ3) is 7.12. The van der Waals surface area contributed by atoms with Gasteiger partial charge in [0.2, 0.25) is 11.8 Å². The number of anilines is 1. The molecule has 186 valence electrons. The van der Waals surface area contributed by atoms with Crippen LogP contribution in [0.1, 0.15) is 31.2 Å². The van der Waals surface area contributed by atoms with Crippen LogP contribution in [0.5, 0.6) is 0 Å². The second-order valence-corrected chi connectivity index (χ2v) is 8.51. The summed E-state index contributed by atoms with van der Waals surface area (Å²) in [7, 11) is 0. The summed E-state index contributed by atoms with van der Waals surface area (Å²) in [5.41, 5.74) is 3.43. The van der Waals surface area contributed by atoms with E-state index in [1.165, 1.54) is 0 Å². The number of hydrogen-bond acceptors (Lipinski definition) is 5. The number of rotatable bonds is 11. The van der Waals surface area contributed by atoms with Crippen molar-refractivity contribution in [2.45, 2.75) is 32.2 Å². The SMILES string of the molecule is N#CCCN(Cc1cccnc1)C(=O)CCCC(=O)Nc1cc(-c2ccccc2)nn1-c1ccccc1. The Morgan fingerprint density at radius 1 is 0.973 bits per heavy atom. The molecular weight excluding hydrogens is 464 g/mol. The summed E-state index contributed by atoms with van der Waals surface area (Å²) < 4.78 is 1.71. The van der Waals surface area contributed by atoms with Gasteiger partial charge in [-0.05, 0) is 30.2 Å². The van der Waals surface area contributed by atoms with E-state index in [-0.39, 0.29) is 31.1 Å².